The average Bonchev–Trinajstić information content (AvgIpc) is 2.49. The zero-order valence-electron chi connectivity index (χ0n) is 7.99. The van der Waals surface area contributed by atoms with Crippen LogP contribution in [0.25, 0.3) is 0 Å². The van der Waals surface area contributed by atoms with E-state index in [0.717, 1.165) is 6.42 Å². The van der Waals surface area contributed by atoms with Crippen LogP contribution in [0.1, 0.15) is 13.3 Å². The van der Waals surface area contributed by atoms with Crippen molar-refractivity contribution in [3.05, 3.63) is 23.8 Å². The number of rotatable bonds is 1. The van der Waals surface area contributed by atoms with Crippen LogP contribution in [-0.4, -0.2) is 29.4 Å². The SMILES string of the molecule is CC1=CCC(N2C(=O)CNC2=O)C=C1. The second kappa shape index (κ2) is 3.29. The van der Waals surface area contributed by atoms with Crippen molar-refractivity contribution >= 4 is 11.9 Å². The van der Waals surface area contributed by atoms with Crippen molar-refractivity contribution < 1.29 is 9.59 Å². The Balaban J connectivity index is 2.13. The molecule has 1 saturated heterocycles. The normalized spacial score (nSPS) is 26.5. The number of carbonyl (C=O) groups excluding carboxylic acids is 2. The third kappa shape index (κ3) is 1.43. The van der Waals surface area contributed by atoms with Gasteiger partial charge < -0.3 is 5.32 Å². The molecule has 1 heterocycles. The Morgan fingerprint density at radius 3 is 2.79 bits per heavy atom. The van der Waals surface area contributed by atoms with Crippen LogP contribution < -0.4 is 5.32 Å². The van der Waals surface area contributed by atoms with Crippen LogP contribution in [-0.2, 0) is 4.79 Å². The van der Waals surface area contributed by atoms with Crippen LogP contribution in [0.3, 0.4) is 0 Å². The van der Waals surface area contributed by atoms with Crippen LogP contribution in [0.15, 0.2) is 23.8 Å². The molecule has 0 aromatic rings. The molecule has 0 aromatic carbocycles. The van der Waals surface area contributed by atoms with Gasteiger partial charge in [0.05, 0.1) is 12.6 Å². The topological polar surface area (TPSA) is 49.4 Å². The van der Waals surface area contributed by atoms with Crippen LogP contribution in [0, 0.1) is 0 Å². The van der Waals surface area contributed by atoms with Crippen LogP contribution in [0.2, 0.25) is 0 Å². The Hall–Kier alpha value is -1.58. The zero-order chi connectivity index (χ0) is 10.1. The van der Waals surface area contributed by atoms with Crippen molar-refractivity contribution in [2.24, 2.45) is 0 Å². The zero-order valence-corrected chi connectivity index (χ0v) is 7.99. The highest BCUT2D eigenvalue weighted by Crippen LogP contribution is 2.17. The Morgan fingerprint density at radius 2 is 2.29 bits per heavy atom. The monoisotopic (exact) mass is 192 g/mol. The molecule has 1 unspecified atom stereocenters. The second-order valence-corrected chi connectivity index (χ2v) is 3.53. The highest BCUT2D eigenvalue weighted by Gasteiger charge is 2.33. The minimum Gasteiger partial charge on any atom is -0.329 e. The first kappa shape index (κ1) is 8.99. The fourth-order valence-corrected chi connectivity index (χ4v) is 1.68. The summed E-state index contributed by atoms with van der Waals surface area (Å²) in [5.74, 6) is -0.141. The predicted octanol–water partition coefficient (Wildman–Crippen LogP) is 0.813. The van der Waals surface area contributed by atoms with Gasteiger partial charge in [-0.2, -0.15) is 0 Å². The van der Waals surface area contributed by atoms with E-state index in [0.29, 0.717) is 0 Å². The first-order valence-electron chi connectivity index (χ1n) is 4.63. The van der Waals surface area contributed by atoms with E-state index < -0.39 is 0 Å². The summed E-state index contributed by atoms with van der Waals surface area (Å²) in [7, 11) is 0. The Labute approximate surface area is 82.3 Å². The number of allylic oxidation sites excluding steroid dienone is 2. The van der Waals surface area contributed by atoms with E-state index in [9.17, 15) is 9.59 Å². The van der Waals surface area contributed by atoms with Crippen LogP contribution >= 0.6 is 0 Å². The third-order valence-electron chi connectivity index (χ3n) is 2.47. The number of hydrogen-bond donors (Lipinski definition) is 1. The summed E-state index contributed by atoms with van der Waals surface area (Å²) in [6.45, 7) is 2.13. The van der Waals surface area contributed by atoms with E-state index in [1.165, 1.54) is 10.5 Å². The van der Waals surface area contributed by atoms with Gasteiger partial charge in [-0.15, -0.1) is 0 Å². The molecular formula is C10H12N2O2. The van der Waals surface area contributed by atoms with Crippen molar-refractivity contribution in [1.29, 1.82) is 0 Å². The number of hydrogen-bond acceptors (Lipinski definition) is 2. The lowest BCUT2D eigenvalue weighted by atomic mass is 10.0. The summed E-state index contributed by atoms with van der Waals surface area (Å²) >= 11 is 0. The maximum atomic E-state index is 11.4. The maximum absolute atomic E-state index is 11.4. The molecule has 1 aliphatic carbocycles. The van der Waals surface area contributed by atoms with E-state index in [-0.39, 0.29) is 24.5 Å². The predicted molar refractivity (Wildman–Crippen MR) is 51.5 cm³/mol. The van der Waals surface area contributed by atoms with Crippen molar-refractivity contribution in [2.45, 2.75) is 19.4 Å². The molecule has 2 rings (SSSR count). The lowest BCUT2D eigenvalue weighted by molar-refractivity contribution is -0.125. The van der Waals surface area contributed by atoms with Gasteiger partial charge in [-0.3, -0.25) is 9.69 Å². The van der Waals surface area contributed by atoms with Gasteiger partial charge in [0.1, 0.15) is 0 Å². The fraction of sp³-hybridized carbons (Fsp3) is 0.400. The van der Waals surface area contributed by atoms with E-state index in [1.807, 2.05) is 25.2 Å². The van der Waals surface area contributed by atoms with Gasteiger partial charge in [-0.25, -0.2) is 4.79 Å². The summed E-state index contributed by atoms with van der Waals surface area (Å²) in [6.07, 6.45) is 6.59. The lowest BCUT2D eigenvalue weighted by Gasteiger charge is -2.23. The highest BCUT2D eigenvalue weighted by atomic mass is 16.2. The van der Waals surface area contributed by atoms with Gasteiger partial charge >= 0.3 is 6.03 Å². The molecule has 0 saturated carbocycles. The van der Waals surface area contributed by atoms with Crippen LogP contribution in [0.5, 0.6) is 0 Å². The van der Waals surface area contributed by atoms with Crippen molar-refractivity contribution in [3.63, 3.8) is 0 Å². The Bertz CT molecular complexity index is 328. The third-order valence-corrected chi connectivity index (χ3v) is 2.47. The second-order valence-electron chi connectivity index (χ2n) is 3.53. The molecule has 0 radical (unpaired) electrons. The largest absolute Gasteiger partial charge is 0.329 e. The molecule has 74 valence electrons. The number of nitrogens with zero attached hydrogens (tertiary/aromatic N) is 1. The molecule has 14 heavy (non-hydrogen) atoms. The molecule has 4 heteroatoms. The first-order valence-corrected chi connectivity index (χ1v) is 4.63. The van der Waals surface area contributed by atoms with E-state index in [2.05, 4.69) is 5.32 Å². The molecule has 1 N–H and O–H groups in total. The van der Waals surface area contributed by atoms with Gasteiger partial charge in [-0.05, 0) is 13.3 Å². The average molecular weight is 192 g/mol. The fourth-order valence-electron chi connectivity index (χ4n) is 1.68. The van der Waals surface area contributed by atoms with E-state index in [1.54, 1.807) is 0 Å². The lowest BCUT2D eigenvalue weighted by Crippen LogP contribution is -2.39. The van der Waals surface area contributed by atoms with E-state index >= 15 is 0 Å². The van der Waals surface area contributed by atoms with Gasteiger partial charge in [0.25, 0.3) is 5.91 Å². The minimum atomic E-state index is -0.280. The first-order chi connectivity index (χ1) is 6.68. The number of amides is 3. The molecule has 0 spiro atoms. The Morgan fingerprint density at radius 1 is 1.50 bits per heavy atom. The molecule has 4 nitrogen and oxygen atoms in total. The highest BCUT2D eigenvalue weighted by molar-refractivity contribution is 6.02. The van der Waals surface area contributed by atoms with Crippen LogP contribution in [0.4, 0.5) is 4.79 Å². The van der Waals surface area contributed by atoms with Gasteiger partial charge in [0, 0.05) is 0 Å². The molecule has 0 aromatic heterocycles. The number of carbonyl (C=O) groups is 2. The molecule has 1 atom stereocenters. The summed E-state index contributed by atoms with van der Waals surface area (Å²) in [6, 6.07) is -0.383. The Kier molecular flexibility index (Phi) is 2.11. The summed E-state index contributed by atoms with van der Waals surface area (Å²) < 4.78 is 0. The number of urea groups is 1. The van der Waals surface area contributed by atoms with Crippen molar-refractivity contribution in [2.75, 3.05) is 6.54 Å². The maximum Gasteiger partial charge on any atom is 0.325 e. The van der Waals surface area contributed by atoms with Gasteiger partial charge in [0.2, 0.25) is 0 Å². The molecule has 2 aliphatic rings. The number of nitrogens with one attached hydrogen (secondary N) is 1. The molecule has 1 fully saturated rings. The summed E-state index contributed by atoms with van der Waals surface area (Å²) in [5, 5.41) is 2.51. The van der Waals surface area contributed by atoms with Crippen molar-refractivity contribution in [1.82, 2.24) is 10.2 Å². The van der Waals surface area contributed by atoms with E-state index in [4.69, 9.17) is 0 Å². The van der Waals surface area contributed by atoms with Gasteiger partial charge in [0.15, 0.2) is 0 Å². The quantitative estimate of drug-likeness (QED) is 0.625. The smallest absolute Gasteiger partial charge is 0.325 e. The molecule has 3 amide bonds. The van der Waals surface area contributed by atoms with Crippen molar-refractivity contribution in [3.8, 4) is 0 Å². The molecule has 0 bridgehead atoms. The van der Waals surface area contributed by atoms with Gasteiger partial charge in [-0.1, -0.05) is 23.8 Å². The summed E-state index contributed by atoms with van der Waals surface area (Å²) in [5.41, 5.74) is 1.17. The standard InChI is InChI=1S/C10H12N2O2/c1-7-2-4-8(5-3-7)12-9(13)6-11-10(12)14/h2-4,8H,5-6H2,1H3,(H,11,14). The number of imide groups is 1. The summed E-state index contributed by atoms with van der Waals surface area (Å²) in [4.78, 5) is 23.9. The molecule has 1 aliphatic heterocycles. The molecular weight excluding hydrogens is 180 g/mol. The minimum absolute atomic E-state index is 0.103.